The van der Waals surface area contributed by atoms with Crippen LogP contribution in [0.2, 0.25) is 0 Å². The van der Waals surface area contributed by atoms with Crippen molar-refractivity contribution in [1.29, 1.82) is 0 Å². The highest BCUT2D eigenvalue weighted by Crippen LogP contribution is 2.34. The Hall–Kier alpha value is -0.710. The van der Waals surface area contributed by atoms with Gasteiger partial charge in [0, 0.05) is 21.5 Å². The van der Waals surface area contributed by atoms with Crippen molar-refractivity contribution in [3.8, 4) is 10.6 Å². The summed E-state index contributed by atoms with van der Waals surface area (Å²) in [7, 11) is 0. The second-order valence-electron chi connectivity index (χ2n) is 5.75. The molecule has 0 saturated heterocycles. The van der Waals surface area contributed by atoms with Crippen LogP contribution in [0.4, 0.5) is 0 Å². The van der Waals surface area contributed by atoms with Gasteiger partial charge in [-0.1, -0.05) is 48.8 Å². The Morgan fingerprint density at radius 1 is 1.33 bits per heavy atom. The maximum Gasteiger partial charge on any atom is 0.125 e. The smallest absolute Gasteiger partial charge is 0.125 e. The van der Waals surface area contributed by atoms with Gasteiger partial charge in [-0.2, -0.15) is 0 Å². The van der Waals surface area contributed by atoms with Gasteiger partial charge in [-0.05, 0) is 37.4 Å². The molecular weight excluding hydrogens is 344 g/mol. The minimum absolute atomic E-state index is 0.627. The van der Waals surface area contributed by atoms with Crippen molar-refractivity contribution in [1.82, 2.24) is 10.3 Å². The van der Waals surface area contributed by atoms with Gasteiger partial charge in [0.05, 0.1) is 5.69 Å². The first-order chi connectivity index (χ1) is 10.0. The van der Waals surface area contributed by atoms with Gasteiger partial charge >= 0.3 is 0 Å². The molecule has 0 aliphatic rings. The lowest BCUT2D eigenvalue weighted by atomic mass is 10.1. The average molecular weight is 367 g/mol. The van der Waals surface area contributed by atoms with Gasteiger partial charge < -0.3 is 5.32 Å². The van der Waals surface area contributed by atoms with Gasteiger partial charge in [-0.25, -0.2) is 4.98 Å². The fraction of sp³-hybridized carbons (Fsp3) is 0.471. The van der Waals surface area contributed by atoms with Crippen molar-refractivity contribution in [3.63, 3.8) is 0 Å². The first-order valence-corrected chi connectivity index (χ1v) is 9.08. The molecule has 0 amide bonds. The van der Waals surface area contributed by atoms with Gasteiger partial charge in [-0.15, -0.1) is 11.3 Å². The normalized spacial score (nSPS) is 11.3. The summed E-state index contributed by atoms with van der Waals surface area (Å²) in [5.74, 6) is 0.627. The molecule has 0 spiro atoms. The zero-order valence-electron chi connectivity index (χ0n) is 13.2. The van der Waals surface area contributed by atoms with E-state index < -0.39 is 0 Å². The summed E-state index contributed by atoms with van der Waals surface area (Å²) in [6.45, 7) is 10.6. The topological polar surface area (TPSA) is 24.9 Å². The van der Waals surface area contributed by atoms with Gasteiger partial charge in [-0.3, -0.25) is 0 Å². The van der Waals surface area contributed by atoms with Crippen molar-refractivity contribution < 1.29 is 0 Å². The van der Waals surface area contributed by atoms with Gasteiger partial charge in [0.2, 0.25) is 0 Å². The van der Waals surface area contributed by atoms with E-state index in [2.05, 4.69) is 67.1 Å². The number of aryl methyl sites for hydroxylation is 1. The first kappa shape index (κ1) is 16.7. The SMILES string of the molecule is CCNCc1sc(-c2ccc(C)cc2Br)nc1CC(C)C. The predicted molar refractivity (Wildman–Crippen MR) is 95.9 cm³/mol. The van der Waals surface area contributed by atoms with Crippen LogP contribution in [0.25, 0.3) is 10.6 Å². The third kappa shape index (κ3) is 4.38. The maximum absolute atomic E-state index is 4.91. The van der Waals surface area contributed by atoms with E-state index in [0.29, 0.717) is 5.92 Å². The Labute approximate surface area is 140 Å². The molecular formula is C17H23BrN2S. The van der Waals surface area contributed by atoms with Gasteiger partial charge in [0.15, 0.2) is 0 Å². The molecule has 2 nitrogen and oxygen atoms in total. The molecule has 0 atom stereocenters. The van der Waals surface area contributed by atoms with Crippen molar-refractivity contribution in [2.75, 3.05) is 6.54 Å². The van der Waals surface area contributed by atoms with Crippen molar-refractivity contribution in [2.45, 2.75) is 40.7 Å². The number of nitrogens with one attached hydrogen (secondary N) is 1. The van der Waals surface area contributed by atoms with E-state index in [9.17, 15) is 0 Å². The molecule has 0 saturated carbocycles. The molecule has 0 aliphatic carbocycles. The molecule has 0 fully saturated rings. The van der Waals surface area contributed by atoms with E-state index in [1.807, 2.05) is 11.3 Å². The number of thiazole rings is 1. The standard InChI is InChI=1S/C17H23BrN2S/c1-5-19-10-16-15(8-11(2)3)20-17(21-16)13-7-6-12(4)9-14(13)18/h6-7,9,11,19H,5,8,10H2,1-4H3. The van der Waals surface area contributed by atoms with Crippen LogP contribution in [0.3, 0.4) is 0 Å². The third-order valence-corrected chi connectivity index (χ3v) is 5.06. The summed E-state index contributed by atoms with van der Waals surface area (Å²) < 4.78 is 1.13. The number of rotatable bonds is 6. The Bertz CT molecular complexity index is 605. The highest BCUT2D eigenvalue weighted by molar-refractivity contribution is 9.10. The van der Waals surface area contributed by atoms with Crippen LogP contribution < -0.4 is 5.32 Å². The maximum atomic E-state index is 4.91. The van der Waals surface area contributed by atoms with Crippen LogP contribution in [-0.2, 0) is 13.0 Å². The second kappa shape index (κ2) is 7.52. The number of halogens is 1. The summed E-state index contributed by atoms with van der Waals surface area (Å²) in [4.78, 5) is 6.28. The molecule has 1 aromatic heterocycles. The predicted octanol–water partition coefficient (Wildman–Crippen LogP) is 5.19. The van der Waals surface area contributed by atoms with Crippen LogP contribution in [0.1, 0.15) is 36.9 Å². The summed E-state index contributed by atoms with van der Waals surface area (Å²) in [5, 5.41) is 4.54. The van der Waals surface area contributed by atoms with Crippen LogP contribution in [0, 0.1) is 12.8 Å². The summed E-state index contributed by atoms with van der Waals surface area (Å²) in [5.41, 5.74) is 3.70. The lowest BCUT2D eigenvalue weighted by Crippen LogP contribution is -2.12. The van der Waals surface area contributed by atoms with E-state index >= 15 is 0 Å². The number of hydrogen-bond donors (Lipinski definition) is 1. The molecule has 0 radical (unpaired) electrons. The number of hydrogen-bond acceptors (Lipinski definition) is 3. The van der Waals surface area contributed by atoms with E-state index in [4.69, 9.17) is 4.98 Å². The molecule has 2 rings (SSSR count). The third-order valence-electron chi connectivity index (χ3n) is 3.27. The Balaban J connectivity index is 2.37. The van der Waals surface area contributed by atoms with Crippen molar-refractivity contribution in [2.24, 2.45) is 5.92 Å². The highest BCUT2D eigenvalue weighted by atomic mass is 79.9. The Kier molecular flexibility index (Phi) is 5.97. The molecule has 1 N–H and O–H groups in total. The van der Waals surface area contributed by atoms with Crippen LogP contribution in [0.15, 0.2) is 22.7 Å². The minimum atomic E-state index is 0.627. The number of benzene rings is 1. The number of nitrogens with zero attached hydrogens (tertiary/aromatic N) is 1. The van der Waals surface area contributed by atoms with Crippen LogP contribution in [-0.4, -0.2) is 11.5 Å². The Morgan fingerprint density at radius 2 is 2.10 bits per heavy atom. The molecule has 0 unspecified atom stereocenters. The summed E-state index contributed by atoms with van der Waals surface area (Å²) >= 11 is 5.48. The zero-order valence-corrected chi connectivity index (χ0v) is 15.6. The fourth-order valence-electron chi connectivity index (χ4n) is 2.21. The molecule has 21 heavy (non-hydrogen) atoms. The van der Waals surface area contributed by atoms with Gasteiger partial charge in [0.25, 0.3) is 0 Å². The summed E-state index contributed by atoms with van der Waals surface area (Å²) in [6.07, 6.45) is 1.04. The van der Waals surface area contributed by atoms with Crippen molar-refractivity contribution >= 4 is 27.3 Å². The molecule has 0 aliphatic heterocycles. The minimum Gasteiger partial charge on any atom is -0.312 e. The van der Waals surface area contributed by atoms with E-state index in [-0.39, 0.29) is 0 Å². The second-order valence-corrected chi connectivity index (χ2v) is 7.69. The van der Waals surface area contributed by atoms with Crippen LogP contribution >= 0.6 is 27.3 Å². The first-order valence-electron chi connectivity index (χ1n) is 7.47. The quantitative estimate of drug-likeness (QED) is 0.760. The monoisotopic (exact) mass is 366 g/mol. The Morgan fingerprint density at radius 3 is 2.71 bits per heavy atom. The fourth-order valence-corrected chi connectivity index (χ4v) is 4.13. The lowest BCUT2D eigenvalue weighted by molar-refractivity contribution is 0.628. The molecule has 2 aromatic rings. The molecule has 1 aromatic carbocycles. The van der Waals surface area contributed by atoms with Crippen LogP contribution in [0.5, 0.6) is 0 Å². The van der Waals surface area contributed by atoms with Crippen molar-refractivity contribution in [3.05, 3.63) is 38.8 Å². The van der Waals surface area contributed by atoms with E-state index in [0.717, 1.165) is 29.0 Å². The van der Waals surface area contributed by atoms with E-state index in [1.54, 1.807) is 0 Å². The zero-order chi connectivity index (χ0) is 15.4. The molecule has 4 heteroatoms. The molecule has 1 heterocycles. The largest absolute Gasteiger partial charge is 0.312 e. The van der Waals surface area contributed by atoms with Gasteiger partial charge in [0.1, 0.15) is 5.01 Å². The molecule has 0 bridgehead atoms. The number of aromatic nitrogens is 1. The molecule has 114 valence electrons. The highest BCUT2D eigenvalue weighted by Gasteiger charge is 2.15. The summed E-state index contributed by atoms with van der Waals surface area (Å²) in [6, 6.07) is 6.46. The average Bonchev–Trinajstić information content (AvgIpc) is 2.78. The lowest BCUT2D eigenvalue weighted by Gasteiger charge is -2.05. The van der Waals surface area contributed by atoms with E-state index in [1.165, 1.54) is 21.7 Å².